The highest BCUT2D eigenvalue weighted by Gasteiger charge is 2.04. The number of ether oxygens (including phenoxy) is 1. The molecule has 102 valence electrons. The van der Waals surface area contributed by atoms with Crippen molar-refractivity contribution < 1.29 is 9.13 Å². The maximum atomic E-state index is 13.2. The van der Waals surface area contributed by atoms with Crippen molar-refractivity contribution >= 4 is 5.69 Å². The lowest BCUT2D eigenvalue weighted by atomic mass is 10.1. The highest BCUT2D eigenvalue weighted by molar-refractivity contribution is 5.51. The molecule has 4 heteroatoms. The minimum Gasteiger partial charge on any atom is -0.478 e. The van der Waals surface area contributed by atoms with Crippen LogP contribution < -0.4 is 10.1 Å². The normalized spacial score (nSPS) is 9.85. The minimum atomic E-state index is -0.271. The van der Waals surface area contributed by atoms with Crippen LogP contribution in [0.1, 0.15) is 11.1 Å². The van der Waals surface area contributed by atoms with Crippen molar-refractivity contribution in [3.05, 3.63) is 59.4 Å². The Kier molecular flexibility index (Phi) is 4.56. The number of halogens is 1. The average molecular weight is 270 g/mol. The number of rotatable bonds is 5. The molecule has 0 aliphatic heterocycles. The zero-order valence-electron chi connectivity index (χ0n) is 11.2. The molecule has 0 radical (unpaired) electrons. The largest absolute Gasteiger partial charge is 0.478 e. The molecular formula is C16H15FN2O. The summed E-state index contributed by atoms with van der Waals surface area (Å²) in [4.78, 5) is 0. The van der Waals surface area contributed by atoms with Gasteiger partial charge < -0.3 is 10.1 Å². The van der Waals surface area contributed by atoms with Gasteiger partial charge in [-0.05, 0) is 30.7 Å². The molecule has 0 unspecified atom stereocenters. The van der Waals surface area contributed by atoms with Crippen molar-refractivity contribution in [3.8, 4) is 11.8 Å². The van der Waals surface area contributed by atoms with E-state index in [9.17, 15) is 4.39 Å². The van der Waals surface area contributed by atoms with Gasteiger partial charge in [0.2, 0.25) is 0 Å². The number of nitrogens with zero attached hydrogens (tertiary/aromatic N) is 1. The Labute approximate surface area is 117 Å². The zero-order valence-corrected chi connectivity index (χ0v) is 11.2. The Hall–Kier alpha value is -2.54. The Morgan fingerprint density at radius 3 is 2.85 bits per heavy atom. The SMILES string of the molecule is Cc1ccc(F)cc1NCc1ccccc1OCC#N. The van der Waals surface area contributed by atoms with E-state index in [1.54, 1.807) is 6.07 Å². The molecule has 0 aliphatic rings. The highest BCUT2D eigenvalue weighted by atomic mass is 19.1. The molecule has 2 aromatic rings. The fourth-order valence-corrected chi connectivity index (χ4v) is 1.88. The molecule has 0 spiro atoms. The molecule has 1 N–H and O–H groups in total. The van der Waals surface area contributed by atoms with Gasteiger partial charge in [-0.2, -0.15) is 5.26 Å². The third kappa shape index (κ3) is 3.48. The lowest BCUT2D eigenvalue weighted by molar-refractivity contribution is 0.364. The molecule has 0 heterocycles. The van der Waals surface area contributed by atoms with Gasteiger partial charge in [-0.15, -0.1) is 0 Å². The first-order chi connectivity index (χ1) is 9.70. The van der Waals surface area contributed by atoms with Gasteiger partial charge in [-0.1, -0.05) is 24.3 Å². The first-order valence-corrected chi connectivity index (χ1v) is 6.28. The van der Waals surface area contributed by atoms with Crippen LogP contribution >= 0.6 is 0 Å². The van der Waals surface area contributed by atoms with Gasteiger partial charge >= 0.3 is 0 Å². The van der Waals surface area contributed by atoms with E-state index in [1.807, 2.05) is 37.3 Å². The number of hydrogen-bond donors (Lipinski definition) is 1. The van der Waals surface area contributed by atoms with Crippen LogP contribution in [-0.2, 0) is 6.54 Å². The van der Waals surface area contributed by atoms with Crippen molar-refractivity contribution in [1.82, 2.24) is 0 Å². The summed E-state index contributed by atoms with van der Waals surface area (Å²) < 4.78 is 18.6. The van der Waals surface area contributed by atoms with Crippen LogP contribution in [0, 0.1) is 24.1 Å². The van der Waals surface area contributed by atoms with Crippen molar-refractivity contribution in [1.29, 1.82) is 5.26 Å². The van der Waals surface area contributed by atoms with Crippen LogP contribution in [-0.4, -0.2) is 6.61 Å². The monoisotopic (exact) mass is 270 g/mol. The molecule has 0 saturated heterocycles. The maximum absolute atomic E-state index is 13.2. The summed E-state index contributed by atoms with van der Waals surface area (Å²) in [5.74, 6) is 0.391. The quantitative estimate of drug-likeness (QED) is 0.902. The van der Waals surface area contributed by atoms with E-state index in [0.29, 0.717) is 12.3 Å². The lowest BCUT2D eigenvalue weighted by Gasteiger charge is -2.12. The number of hydrogen-bond acceptors (Lipinski definition) is 3. The van der Waals surface area contributed by atoms with Gasteiger partial charge in [-0.3, -0.25) is 0 Å². The van der Waals surface area contributed by atoms with E-state index in [-0.39, 0.29) is 12.4 Å². The molecule has 0 aliphatic carbocycles. The first kappa shape index (κ1) is 13.9. The molecule has 0 aromatic heterocycles. The van der Waals surface area contributed by atoms with Crippen LogP contribution in [0.3, 0.4) is 0 Å². The number of para-hydroxylation sites is 1. The maximum Gasteiger partial charge on any atom is 0.174 e. The predicted molar refractivity (Wildman–Crippen MR) is 76.0 cm³/mol. The third-order valence-corrected chi connectivity index (χ3v) is 2.93. The molecule has 2 aromatic carbocycles. The first-order valence-electron chi connectivity index (χ1n) is 6.28. The molecule has 2 rings (SSSR count). The second-order valence-corrected chi connectivity index (χ2v) is 4.37. The summed E-state index contributed by atoms with van der Waals surface area (Å²) in [6.07, 6.45) is 0. The van der Waals surface area contributed by atoms with E-state index in [4.69, 9.17) is 10.00 Å². The van der Waals surface area contributed by atoms with E-state index in [2.05, 4.69) is 5.32 Å². The molecule has 20 heavy (non-hydrogen) atoms. The number of nitriles is 1. The minimum absolute atomic E-state index is 0.00993. The molecule has 0 amide bonds. The van der Waals surface area contributed by atoms with Gasteiger partial charge in [-0.25, -0.2) is 4.39 Å². The number of nitrogens with one attached hydrogen (secondary N) is 1. The summed E-state index contributed by atoms with van der Waals surface area (Å²) in [6, 6.07) is 14.0. The molecule has 0 atom stereocenters. The van der Waals surface area contributed by atoms with Gasteiger partial charge in [0.05, 0.1) is 0 Å². The Balaban J connectivity index is 2.11. The summed E-state index contributed by atoms with van der Waals surface area (Å²) in [7, 11) is 0. The van der Waals surface area contributed by atoms with E-state index >= 15 is 0 Å². The van der Waals surface area contributed by atoms with E-state index < -0.39 is 0 Å². The smallest absolute Gasteiger partial charge is 0.174 e. The fraction of sp³-hybridized carbons (Fsp3) is 0.188. The van der Waals surface area contributed by atoms with Gasteiger partial charge in [0, 0.05) is 17.8 Å². The third-order valence-electron chi connectivity index (χ3n) is 2.93. The van der Waals surface area contributed by atoms with Crippen molar-refractivity contribution in [2.75, 3.05) is 11.9 Å². The Morgan fingerprint density at radius 1 is 1.25 bits per heavy atom. The van der Waals surface area contributed by atoms with Crippen molar-refractivity contribution in [2.45, 2.75) is 13.5 Å². The molecule has 3 nitrogen and oxygen atoms in total. The van der Waals surface area contributed by atoms with Crippen LogP contribution in [0.5, 0.6) is 5.75 Å². The average Bonchev–Trinajstić information content (AvgIpc) is 2.47. The van der Waals surface area contributed by atoms with E-state index in [1.165, 1.54) is 12.1 Å². The summed E-state index contributed by atoms with van der Waals surface area (Å²) in [5, 5.41) is 11.7. The lowest BCUT2D eigenvalue weighted by Crippen LogP contribution is -2.04. The molecular weight excluding hydrogens is 255 g/mol. The predicted octanol–water partition coefficient (Wildman–Crippen LogP) is 3.65. The second-order valence-electron chi connectivity index (χ2n) is 4.37. The number of aryl methyl sites for hydroxylation is 1. The molecule has 0 bridgehead atoms. The summed E-state index contributed by atoms with van der Waals surface area (Å²) in [5.41, 5.74) is 2.65. The zero-order chi connectivity index (χ0) is 14.4. The Bertz CT molecular complexity index is 635. The molecule has 0 saturated carbocycles. The van der Waals surface area contributed by atoms with Gasteiger partial charge in [0.15, 0.2) is 6.61 Å². The summed E-state index contributed by atoms with van der Waals surface area (Å²) >= 11 is 0. The fourth-order valence-electron chi connectivity index (χ4n) is 1.88. The van der Waals surface area contributed by atoms with Gasteiger partial charge in [0.1, 0.15) is 17.6 Å². The summed E-state index contributed by atoms with van der Waals surface area (Å²) in [6.45, 7) is 2.43. The van der Waals surface area contributed by atoms with Crippen LogP contribution in [0.25, 0.3) is 0 Å². The standard InChI is InChI=1S/C16H15FN2O/c1-12-6-7-14(17)10-15(12)19-11-13-4-2-3-5-16(13)20-9-8-18/h2-7,10,19H,9,11H2,1H3. The van der Waals surface area contributed by atoms with Crippen molar-refractivity contribution in [2.24, 2.45) is 0 Å². The topological polar surface area (TPSA) is 45.0 Å². The van der Waals surface area contributed by atoms with Crippen molar-refractivity contribution in [3.63, 3.8) is 0 Å². The van der Waals surface area contributed by atoms with Gasteiger partial charge in [0.25, 0.3) is 0 Å². The van der Waals surface area contributed by atoms with Crippen LogP contribution in [0.2, 0.25) is 0 Å². The Morgan fingerprint density at radius 2 is 2.05 bits per heavy atom. The second kappa shape index (κ2) is 6.58. The highest BCUT2D eigenvalue weighted by Crippen LogP contribution is 2.21. The van der Waals surface area contributed by atoms with E-state index in [0.717, 1.165) is 16.8 Å². The number of anilines is 1. The number of benzene rings is 2. The molecule has 0 fully saturated rings. The van der Waals surface area contributed by atoms with Crippen LogP contribution in [0.4, 0.5) is 10.1 Å². The van der Waals surface area contributed by atoms with Crippen LogP contribution in [0.15, 0.2) is 42.5 Å².